The van der Waals surface area contributed by atoms with Crippen molar-refractivity contribution in [3.05, 3.63) is 18.2 Å². The van der Waals surface area contributed by atoms with Crippen LogP contribution in [0.5, 0.6) is 0 Å². The molecule has 9 heteroatoms. The summed E-state index contributed by atoms with van der Waals surface area (Å²) >= 11 is 1.40. The van der Waals surface area contributed by atoms with E-state index in [1.807, 2.05) is 4.90 Å². The highest BCUT2D eigenvalue weighted by Gasteiger charge is 2.34. The van der Waals surface area contributed by atoms with E-state index in [1.165, 1.54) is 21.0 Å². The lowest BCUT2D eigenvalue weighted by atomic mass is 9.92. The molecule has 2 aliphatic heterocycles. The predicted molar refractivity (Wildman–Crippen MR) is 131 cm³/mol. The second kappa shape index (κ2) is 9.96. The summed E-state index contributed by atoms with van der Waals surface area (Å²) in [7, 11) is -2.03. The summed E-state index contributed by atoms with van der Waals surface area (Å²) in [6.45, 7) is 5.65. The zero-order valence-corrected chi connectivity index (χ0v) is 21.5. The van der Waals surface area contributed by atoms with Gasteiger partial charge < -0.3 is 9.80 Å². The molecule has 4 rings (SSSR count). The van der Waals surface area contributed by atoms with E-state index in [-0.39, 0.29) is 35.0 Å². The van der Waals surface area contributed by atoms with Crippen molar-refractivity contribution < 1.29 is 18.0 Å². The minimum absolute atomic E-state index is 0.0107. The van der Waals surface area contributed by atoms with Crippen LogP contribution in [0.25, 0.3) is 0 Å². The number of benzene rings is 1. The summed E-state index contributed by atoms with van der Waals surface area (Å²) in [5.41, 5.74) is 0.529. The first-order chi connectivity index (χ1) is 15.7. The number of thioether (sulfide) groups is 1. The molecule has 2 amide bonds. The number of hydrogen-bond acceptors (Lipinski definition) is 5. The van der Waals surface area contributed by atoms with Crippen molar-refractivity contribution >= 4 is 39.3 Å². The van der Waals surface area contributed by atoms with Crippen molar-refractivity contribution in [3.8, 4) is 0 Å². The van der Waals surface area contributed by atoms with Gasteiger partial charge in [-0.3, -0.25) is 9.59 Å². The van der Waals surface area contributed by atoms with Crippen LogP contribution in [-0.2, 0) is 19.6 Å². The van der Waals surface area contributed by atoms with Gasteiger partial charge >= 0.3 is 0 Å². The molecule has 0 radical (unpaired) electrons. The lowest BCUT2D eigenvalue weighted by molar-refractivity contribution is -0.133. The zero-order chi connectivity index (χ0) is 23.8. The van der Waals surface area contributed by atoms with Gasteiger partial charge in [0.25, 0.3) is 0 Å². The van der Waals surface area contributed by atoms with E-state index in [1.54, 1.807) is 25.2 Å². The Morgan fingerprint density at radius 1 is 1.12 bits per heavy atom. The molecule has 182 valence electrons. The Hall–Kier alpha value is -1.58. The van der Waals surface area contributed by atoms with Crippen molar-refractivity contribution in [3.63, 3.8) is 0 Å². The quantitative estimate of drug-likeness (QED) is 0.627. The molecule has 0 spiro atoms. The number of carbonyl (C=O) groups excluding carboxylic acids is 2. The number of likely N-dealkylation sites (tertiary alicyclic amines) is 1. The first-order valence-electron chi connectivity index (χ1n) is 12.0. The Balaban J connectivity index is 1.58. The summed E-state index contributed by atoms with van der Waals surface area (Å²) < 4.78 is 28.3. The van der Waals surface area contributed by atoms with Crippen molar-refractivity contribution in [2.75, 3.05) is 37.3 Å². The zero-order valence-electron chi connectivity index (χ0n) is 19.8. The van der Waals surface area contributed by atoms with Gasteiger partial charge in [0.05, 0.1) is 16.3 Å². The van der Waals surface area contributed by atoms with Crippen LogP contribution in [0.4, 0.5) is 5.69 Å². The molecule has 1 aromatic carbocycles. The van der Waals surface area contributed by atoms with Crippen LogP contribution in [0.15, 0.2) is 28.0 Å². The number of anilines is 1. The van der Waals surface area contributed by atoms with Gasteiger partial charge in [-0.2, -0.15) is 4.31 Å². The first-order valence-corrected chi connectivity index (χ1v) is 14.4. The maximum atomic E-state index is 13.4. The number of carbonyl (C=O) groups is 2. The average molecular weight is 494 g/mol. The summed E-state index contributed by atoms with van der Waals surface area (Å²) in [6.07, 6.45) is 6.10. The Morgan fingerprint density at radius 2 is 1.79 bits per heavy atom. The van der Waals surface area contributed by atoms with Crippen molar-refractivity contribution in [2.24, 2.45) is 11.8 Å². The van der Waals surface area contributed by atoms with Crippen LogP contribution in [0.3, 0.4) is 0 Å². The van der Waals surface area contributed by atoms with Gasteiger partial charge in [0.15, 0.2) is 0 Å². The maximum absolute atomic E-state index is 13.4. The molecule has 33 heavy (non-hydrogen) atoms. The number of amides is 2. The highest BCUT2D eigenvalue weighted by molar-refractivity contribution is 8.00. The molecule has 2 atom stereocenters. The molecule has 2 fully saturated rings. The Bertz CT molecular complexity index is 997. The Morgan fingerprint density at radius 3 is 2.45 bits per heavy atom. The SMILES string of the molecule is C[C@@H]1C[C@@H](C)CN(C(=O)CN2C(=O)CSc3ccc(S(=O)(=O)N(C)C4CCCCC4)cc32)C1. The van der Waals surface area contributed by atoms with E-state index in [2.05, 4.69) is 13.8 Å². The molecule has 3 aliphatic rings. The van der Waals surface area contributed by atoms with Gasteiger partial charge in [-0.25, -0.2) is 8.42 Å². The van der Waals surface area contributed by atoms with Gasteiger partial charge in [-0.15, -0.1) is 11.8 Å². The van der Waals surface area contributed by atoms with Crippen LogP contribution in [-0.4, -0.2) is 67.9 Å². The molecule has 2 heterocycles. The molecular weight excluding hydrogens is 458 g/mol. The highest BCUT2D eigenvalue weighted by Crippen LogP contribution is 2.38. The first kappa shape index (κ1) is 24.5. The van der Waals surface area contributed by atoms with Gasteiger partial charge in [0, 0.05) is 31.1 Å². The number of sulfonamides is 1. The van der Waals surface area contributed by atoms with E-state index in [0.29, 0.717) is 30.6 Å². The van der Waals surface area contributed by atoms with E-state index in [0.717, 1.165) is 43.4 Å². The molecule has 1 saturated carbocycles. The molecule has 0 unspecified atom stereocenters. The molecule has 1 aliphatic carbocycles. The molecule has 7 nitrogen and oxygen atoms in total. The van der Waals surface area contributed by atoms with Gasteiger partial charge in [-0.1, -0.05) is 33.1 Å². The number of rotatable bonds is 5. The average Bonchev–Trinajstić information content (AvgIpc) is 2.80. The highest BCUT2D eigenvalue weighted by atomic mass is 32.2. The minimum Gasteiger partial charge on any atom is -0.341 e. The van der Waals surface area contributed by atoms with Crippen LogP contribution in [0, 0.1) is 11.8 Å². The van der Waals surface area contributed by atoms with E-state index >= 15 is 0 Å². The van der Waals surface area contributed by atoms with Crippen LogP contribution in [0.2, 0.25) is 0 Å². The molecule has 1 aromatic rings. The van der Waals surface area contributed by atoms with Crippen LogP contribution < -0.4 is 4.90 Å². The smallest absolute Gasteiger partial charge is 0.243 e. The van der Waals surface area contributed by atoms with Gasteiger partial charge in [-0.05, 0) is 49.3 Å². The van der Waals surface area contributed by atoms with Gasteiger partial charge in [0.1, 0.15) is 6.54 Å². The van der Waals surface area contributed by atoms with Crippen molar-refractivity contribution in [1.82, 2.24) is 9.21 Å². The van der Waals surface area contributed by atoms with Crippen LogP contribution >= 0.6 is 11.8 Å². The normalized spacial score (nSPS) is 24.8. The second-order valence-corrected chi connectivity index (χ2v) is 13.0. The minimum atomic E-state index is -3.69. The molecule has 0 aromatic heterocycles. The molecular formula is C24H35N3O4S2. The second-order valence-electron chi connectivity index (χ2n) is 9.96. The fourth-order valence-electron chi connectivity index (χ4n) is 5.42. The van der Waals surface area contributed by atoms with Crippen molar-refractivity contribution in [2.45, 2.75) is 68.2 Å². The summed E-state index contributed by atoms with van der Waals surface area (Å²) in [5.74, 6) is 0.886. The molecule has 0 bridgehead atoms. The number of hydrogen-bond donors (Lipinski definition) is 0. The third-order valence-corrected chi connectivity index (χ3v) is 10.1. The third kappa shape index (κ3) is 5.25. The van der Waals surface area contributed by atoms with E-state index < -0.39 is 10.0 Å². The van der Waals surface area contributed by atoms with Gasteiger partial charge in [0.2, 0.25) is 21.8 Å². The fraction of sp³-hybridized carbons (Fsp3) is 0.667. The standard InChI is InChI=1S/C24H35N3O4S2/c1-17-11-18(2)14-26(13-17)23(28)15-27-21-12-20(9-10-22(21)32-16-24(27)29)33(30,31)25(3)19-7-5-4-6-8-19/h9-10,12,17-19H,4-8,11,13-16H2,1-3H3/t17-,18-/m1/s1. The molecule has 0 N–H and O–H groups in total. The lowest BCUT2D eigenvalue weighted by Gasteiger charge is -2.37. The topological polar surface area (TPSA) is 78.0 Å². The van der Waals surface area contributed by atoms with Crippen LogP contribution in [0.1, 0.15) is 52.4 Å². The Kier molecular flexibility index (Phi) is 7.41. The fourth-order valence-corrected chi connectivity index (χ4v) is 7.78. The lowest BCUT2D eigenvalue weighted by Crippen LogP contribution is -2.49. The summed E-state index contributed by atoms with van der Waals surface area (Å²) in [5, 5.41) is 0. The van der Waals surface area contributed by atoms with Crippen molar-refractivity contribution in [1.29, 1.82) is 0 Å². The third-order valence-electron chi connectivity index (χ3n) is 7.15. The predicted octanol–water partition coefficient (Wildman–Crippen LogP) is 3.58. The maximum Gasteiger partial charge on any atom is 0.243 e. The van der Waals surface area contributed by atoms with E-state index in [4.69, 9.17) is 0 Å². The number of nitrogens with zero attached hydrogens (tertiary/aromatic N) is 3. The Labute approximate surface area is 201 Å². The molecule has 1 saturated heterocycles. The van der Waals surface area contributed by atoms with E-state index in [9.17, 15) is 18.0 Å². The summed E-state index contributed by atoms with van der Waals surface area (Å²) in [4.78, 5) is 30.3. The largest absolute Gasteiger partial charge is 0.341 e. The number of fused-ring (bicyclic) bond motifs is 1. The number of piperidine rings is 1. The monoisotopic (exact) mass is 493 g/mol. The summed E-state index contributed by atoms with van der Waals surface area (Å²) in [6, 6.07) is 5.00.